The molecule has 19 heavy (non-hydrogen) atoms. The van der Waals surface area contributed by atoms with E-state index in [2.05, 4.69) is 35.1 Å². The summed E-state index contributed by atoms with van der Waals surface area (Å²) < 4.78 is 6.48. The Morgan fingerprint density at radius 2 is 2.21 bits per heavy atom. The van der Waals surface area contributed by atoms with Crippen molar-refractivity contribution in [2.75, 3.05) is 13.2 Å². The van der Waals surface area contributed by atoms with Gasteiger partial charge in [-0.25, -0.2) is 0 Å². The minimum absolute atomic E-state index is 0.0869. The van der Waals surface area contributed by atoms with Crippen LogP contribution in [-0.2, 0) is 4.79 Å². The predicted octanol–water partition coefficient (Wildman–Crippen LogP) is 3.63. The van der Waals surface area contributed by atoms with E-state index in [1.54, 1.807) is 6.08 Å². The third-order valence-corrected chi connectivity index (χ3v) is 2.86. The number of nitrogens with one attached hydrogen (secondary N) is 1. The van der Waals surface area contributed by atoms with E-state index in [0.29, 0.717) is 19.1 Å². The van der Waals surface area contributed by atoms with Gasteiger partial charge in [0.15, 0.2) is 0 Å². The Kier molecular flexibility index (Phi) is 6.64. The number of ether oxygens (including phenoxy) is 1. The van der Waals surface area contributed by atoms with Crippen molar-refractivity contribution in [1.29, 1.82) is 0 Å². The molecule has 1 amide bonds. The van der Waals surface area contributed by atoms with Gasteiger partial charge in [0, 0.05) is 22.7 Å². The highest BCUT2D eigenvalue weighted by molar-refractivity contribution is 9.10. The van der Waals surface area contributed by atoms with Crippen LogP contribution in [0.2, 0.25) is 0 Å². The summed E-state index contributed by atoms with van der Waals surface area (Å²) >= 11 is 3.41. The van der Waals surface area contributed by atoms with Crippen LogP contribution in [-0.4, -0.2) is 19.1 Å². The first-order chi connectivity index (χ1) is 9.02. The van der Waals surface area contributed by atoms with E-state index in [0.717, 1.165) is 15.8 Å². The average molecular weight is 326 g/mol. The minimum atomic E-state index is -0.0869. The van der Waals surface area contributed by atoms with Crippen molar-refractivity contribution < 1.29 is 9.53 Å². The quantitative estimate of drug-likeness (QED) is 0.811. The van der Waals surface area contributed by atoms with Gasteiger partial charge in [-0.3, -0.25) is 4.79 Å². The highest BCUT2D eigenvalue weighted by Crippen LogP contribution is 2.24. The van der Waals surface area contributed by atoms with Crippen LogP contribution in [0.3, 0.4) is 0 Å². The van der Waals surface area contributed by atoms with Gasteiger partial charge in [0.25, 0.3) is 0 Å². The second-order valence-electron chi connectivity index (χ2n) is 4.59. The molecule has 0 fully saturated rings. The van der Waals surface area contributed by atoms with Crippen LogP contribution in [0.25, 0.3) is 6.08 Å². The first-order valence-corrected chi connectivity index (χ1v) is 7.20. The summed E-state index contributed by atoms with van der Waals surface area (Å²) in [7, 11) is 0. The first-order valence-electron chi connectivity index (χ1n) is 6.41. The SMILES string of the molecule is CCOc1ccc(Br)cc1/C=C/C(=O)NCC(C)C. The van der Waals surface area contributed by atoms with E-state index < -0.39 is 0 Å². The molecule has 3 nitrogen and oxygen atoms in total. The molecule has 4 heteroatoms. The zero-order chi connectivity index (χ0) is 14.3. The molecule has 0 saturated carbocycles. The predicted molar refractivity (Wildman–Crippen MR) is 82.2 cm³/mol. The van der Waals surface area contributed by atoms with Gasteiger partial charge >= 0.3 is 0 Å². The molecular weight excluding hydrogens is 306 g/mol. The van der Waals surface area contributed by atoms with Crippen LogP contribution >= 0.6 is 15.9 Å². The standard InChI is InChI=1S/C15H20BrNO2/c1-4-19-14-7-6-13(16)9-12(14)5-8-15(18)17-10-11(2)3/h5-9,11H,4,10H2,1-3H3,(H,17,18)/b8-5+. The van der Waals surface area contributed by atoms with E-state index in [1.165, 1.54) is 6.08 Å². The molecule has 0 aliphatic carbocycles. The van der Waals surface area contributed by atoms with Crippen molar-refractivity contribution in [1.82, 2.24) is 5.32 Å². The van der Waals surface area contributed by atoms with Gasteiger partial charge in [0.05, 0.1) is 6.61 Å². The lowest BCUT2D eigenvalue weighted by Crippen LogP contribution is -2.25. The van der Waals surface area contributed by atoms with Gasteiger partial charge in [-0.05, 0) is 37.1 Å². The lowest BCUT2D eigenvalue weighted by atomic mass is 10.2. The molecule has 0 bridgehead atoms. The van der Waals surface area contributed by atoms with Gasteiger partial charge in [0.1, 0.15) is 5.75 Å². The van der Waals surface area contributed by atoms with Crippen LogP contribution in [0, 0.1) is 5.92 Å². The molecule has 1 N–H and O–H groups in total. The molecule has 0 saturated heterocycles. The zero-order valence-corrected chi connectivity index (χ0v) is 13.2. The molecule has 0 heterocycles. The average Bonchev–Trinajstić information content (AvgIpc) is 2.36. The van der Waals surface area contributed by atoms with E-state index in [1.807, 2.05) is 25.1 Å². The van der Waals surface area contributed by atoms with Gasteiger partial charge < -0.3 is 10.1 Å². The number of amides is 1. The molecule has 0 spiro atoms. The Labute approximate surface area is 123 Å². The normalized spacial score (nSPS) is 11.0. The van der Waals surface area contributed by atoms with Crippen molar-refractivity contribution >= 4 is 27.9 Å². The summed E-state index contributed by atoms with van der Waals surface area (Å²) in [6.45, 7) is 7.34. The summed E-state index contributed by atoms with van der Waals surface area (Å²) in [6.07, 6.45) is 3.30. The van der Waals surface area contributed by atoms with E-state index in [4.69, 9.17) is 4.74 Å². The van der Waals surface area contributed by atoms with Gasteiger partial charge in [-0.2, -0.15) is 0 Å². The number of carbonyl (C=O) groups excluding carboxylic acids is 1. The monoisotopic (exact) mass is 325 g/mol. The highest BCUT2D eigenvalue weighted by Gasteiger charge is 2.02. The number of carbonyl (C=O) groups is 1. The third-order valence-electron chi connectivity index (χ3n) is 2.37. The Morgan fingerprint density at radius 3 is 2.84 bits per heavy atom. The Morgan fingerprint density at radius 1 is 1.47 bits per heavy atom. The largest absolute Gasteiger partial charge is 0.493 e. The molecule has 0 unspecified atom stereocenters. The lowest BCUT2D eigenvalue weighted by molar-refractivity contribution is -0.116. The molecule has 1 aromatic rings. The summed E-state index contributed by atoms with van der Waals surface area (Å²) in [5, 5.41) is 2.84. The van der Waals surface area contributed by atoms with Crippen LogP contribution in [0.5, 0.6) is 5.75 Å². The second-order valence-corrected chi connectivity index (χ2v) is 5.50. The fraction of sp³-hybridized carbons (Fsp3) is 0.400. The number of hydrogen-bond donors (Lipinski definition) is 1. The van der Waals surface area contributed by atoms with E-state index in [9.17, 15) is 4.79 Å². The molecular formula is C15H20BrNO2. The Balaban J connectivity index is 2.74. The van der Waals surface area contributed by atoms with Crippen molar-refractivity contribution in [3.05, 3.63) is 34.3 Å². The summed E-state index contributed by atoms with van der Waals surface area (Å²) in [5.74, 6) is 1.14. The van der Waals surface area contributed by atoms with Crippen LogP contribution in [0.15, 0.2) is 28.7 Å². The lowest BCUT2D eigenvalue weighted by Gasteiger charge is -2.08. The van der Waals surface area contributed by atoms with Crippen molar-refractivity contribution in [3.8, 4) is 5.75 Å². The highest BCUT2D eigenvalue weighted by atomic mass is 79.9. The number of rotatable bonds is 6. The minimum Gasteiger partial charge on any atom is -0.493 e. The molecule has 1 rings (SSSR count). The van der Waals surface area contributed by atoms with Crippen molar-refractivity contribution in [2.24, 2.45) is 5.92 Å². The Hall–Kier alpha value is -1.29. The van der Waals surface area contributed by atoms with Crippen molar-refractivity contribution in [2.45, 2.75) is 20.8 Å². The number of hydrogen-bond acceptors (Lipinski definition) is 2. The van der Waals surface area contributed by atoms with Gasteiger partial charge in [-0.15, -0.1) is 0 Å². The second kappa shape index (κ2) is 8.00. The molecule has 0 atom stereocenters. The van der Waals surface area contributed by atoms with E-state index in [-0.39, 0.29) is 5.91 Å². The molecule has 0 aliphatic heterocycles. The first kappa shape index (κ1) is 15.8. The van der Waals surface area contributed by atoms with Crippen molar-refractivity contribution in [3.63, 3.8) is 0 Å². The number of benzene rings is 1. The Bertz CT molecular complexity index is 455. The number of halogens is 1. The van der Waals surface area contributed by atoms with Gasteiger partial charge in [0.2, 0.25) is 5.91 Å². The smallest absolute Gasteiger partial charge is 0.244 e. The maximum Gasteiger partial charge on any atom is 0.244 e. The van der Waals surface area contributed by atoms with Crippen LogP contribution < -0.4 is 10.1 Å². The summed E-state index contributed by atoms with van der Waals surface area (Å²) in [5.41, 5.74) is 0.885. The van der Waals surface area contributed by atoms with Gasteiger partial charge in [-0.1, -0.05) is 29.8 Å². The maximum atomic E-state index is 11.6. The molecule has 1 aromatic carbocycles. The topological polar surface area (TPSA) is 38.3 Å². The summed E-state index contributed by atoms with van der Waals surface area (Å²) in [4.78, 5) is 11.6. The van der Waals surface area contributed by atoms with E-state index >= 15 is 0 Å². The molecule has 0 radical (unpaired) electrons. The zero-order valence-electron chi connectivity index (χ0n) is 11.6. The molecule has 0 aliphatic rings. The molecule has 0 aromatic heterocycles. The third kappa shape index (κ3) is 5.92. The fourth-order valence-electron chi connectivity index (χ4n) is 1.47. The summed E-state index contributed by atoms with van der Waals surface area (Å²) in [6, 6.07) is 5.73. The maximum absolute atomic E-state index is 11.6. The molecule has 104 valence electrons. The fourth-order valence-corrected chi connectivity index (χ4v) is 1.84. The van der Waals surface area contributed by atoms with Crippen LogP contribution in [0.1, 0.15) is 26.3 Å². The van der Waals surface area contributed by atoms with Crippen LogP contribution in [0.4, 0.5) is 0 Å².